The van der Waals surface area contributed by atoms with E-state index in [4.69, 9.17) is 4.74 Å². The highest BCUT2D eigenvalue weighted by Gasteiger charge is 2.18. The average molecular weight is 240 g/mol. The van der Waals surface area contributed by atoms with Gasteiger partial charge in [0.25, 0.3) is 0 Å². The number of benzene rings is 1. The number of hydrogen-bond donors (Lipinski definition) is 2. The Morgan fingerprint density at radius 2 is 2.00 bits per heavy atom. The Hall–Kier alpha value is -0.670. The summed E-state index contributed by atoms with van der Waals surface area (Å²) < 4.78 is 5.24. The maximum atomic E-state index is 9.87. The summed E-state index contributed by atoms with van der Waals surface area (Å²) in [7, 11) is 1.61. The zero-order chi connectivity index (χ0) is 12.3. The Balaban J connectivity index is 3.21. The Bertz CT molecular complexity index is 355. The van der Waals surface area contributed by atoms with Crippen molar-refractivity contribution in [3.63, 3.8) is 0 Å². The molecule has 16 heavy (non-hydrogen) atoms. The van der Waals surface area contributed by atoms with E-state index >= 15 is 0 Å². The molecule has 0 spiro atoms. The number of hydrogen-bond acceptors (Lipinski definition) is 3. The third kappa shape index (κ3) is 2.92. The van der Waals surface area contributed by atoms with Crippen molar-refractivity contribution < 1.29 is 9.84 Å². The second-order valence-electron chi connectivity index (χ2n) is 4.91. The lowest BCUT2D eigenvalue weighted by Gasteiger charge is -2.22. The van der Waals surface area contributed by atoms with Gasteiger partial charge >= 0.3 is 0 Å². The Morgan fingerprint density at radius 1 is 1.38 bits per heavy atom. The van der Waals surface area contributed by atoms with E-state index < -0.39 is 6.10 Å². The first-order valence-electron chi connectivity index (χ1n) is 5.37. The molecule has 0 aliphatic carbocycles. The fourth-order valence-electron chi connectivity index (χ4n) is 1.56. The number of ether oxygens (including phenoxy) is 1. The molecule has 0 fully saturated rings. The summed E-state index contributed by atoms with van der Waals surface area (Å²) in [6.45, 7) is 6.43. The summed E-state index contributed by atoms with van der Waals surface area (Å²) >= 11 is 4.11. The van der Waals surface area contributed by atoms with Gasteiger partial charge in [-0.05, 0) is 23.1 Å². The fraction of sp³-hybridized carbons (Fsp3) is 0.538. The number of aliphatic hydroxyl groups excluding tert-OH is 1. The van der Waals surface area contributed by atoms with Gasteiger partial charge in [0.05, 0.1) is 13.2 Å². The van der Waals surface area contributed by atoms with Gasteiger partial charge in [-0.25, -0.2) is 0 Å². The van der Waals surface area contributed by atoms with Crippen molar-refractivity contribution >= 4 is 12.6 Å². The monoisotopic (exact) mass is 240 g/mol. The first-order chi connectivity index (χ1) is 7.40. The molecular weight excluding hydrogens is 220 g/mol. The molecule has 90 valence electrons. The van der Waals surface area contributed by atoms with Crippen LogP contribution in [0.15, 0.2) is 18.2 Å². The van der Waals surface area contributed by atoms with Gasteiger partial charge in [-0.15, -0.1) is 0 Å². The molecule has 0 saturated heterocycles. The lowest BCUT2D eigenvalue weighted by molar-refractivity contribution is 0.199. The largest absolute Gasteiger partial charge is 0.496 e. The van der Waals surface area contributed by atoms with Crippen molar-refractivity contribution in [3.05, 3.63) is 29.3 Å². The van der Waals surface area contributed by atoms with Crippen LogP contribution in [0.5, 0.6) is 5.75 Å². The van der Waals surface area contributed by atoms with Crippen LogP contribution >= 0.6 is 12.6 Å². The SMILES string of the molecule is COc1ccc(C(C)(C)C)cc1C(O)CS. The predicted molar refractivity (Wildman–Crippen MR) is 70.5 cm³/mol. The van der Waals surface area contributed by atoms with Crippen molar-refractivity contribution in [2.45, 2.75) is 32.3 Å². The number of thiol groups is 1. The van der Waals surface area contributed by atoms with E-state index in [2.05, 4.69) is 33.4 Å². The molecule has 1 aromatic carbocycles. The zero-order valence-electron chi connectivity index (χ0n) is 10.3. The van der Waals surface area contributed by atoms with Crippen LogP contribution in [-0.2, 0) is 5.41 Å². The summed E-state index contributed by atoms with van der Waals surface area (Å²) in [4.78, 5) is 0. The van der Waals surface area contributed by atoms with Crippen LogP contribution in [-0.4, -0.2) is 18.0 Å². The van der Waals surface area contributed by atoms with Crippen LogP contribution in [0.2, 0.25) is 0 Å². The van der Waals surface area contributed by atoms with Gasteiger partial charge in [0.1, 0.15) is 5.75 Å². The molecule has 1 unspecified atom stereocenters. The van der Waals surface area contributed by atoms with Gasteiger partial charge in [-0.3, -0.25) is 0 Å². The summed E-state index contributed by atoms with van der Waals surface area (Å²) in [6.07, 6.45) is -0.583. The van der Waals surface area contributed by atoms with Gasteiger partial charge in [-0.2, -0.15) is 12.6 Å². The average Bonchev–Trinajstić information content (AvgIpc) is 2.25. The standard InChI is InChI=1S/C13H20O2S/c1-13(2,3)9-5-6-12(15-4)10(7-9)11(14)8-16/h5-7,11,14,16H,8H2,1-4H3. The Labute approximate surface area is 103 Å². The molecule has 0 heterocycles. The van der Waals surface area contributed by atoms with Crippen LogP contribution < -0.4 is 4.74 Å². The van der Waals surface area contributed by atoms with E-state index in [-0.39, 0.29) is 5.41 Å². The van der Waals surface area contributed by atoms with E-state index in [9.17, 15) is 5.11 Å². The topological polar surface area (TPSA) is 29.5 Å². The smallest absolute Gasteiger partial charge is 0.124 e. The lowest BCUT2D eigenvalue weighted by Crippen LogP contribution is -2.13. The molecule has 0 aliphatic heterocycles. The van der Waals surface area contributed by atoms with Crippen LogP contribution in [0.1, 0.15) is 38.0 Å². The number of aliphatic hydroxyl groups is 1. The Morgan fingerprint density at radius 3 is 2.44 bits per heavy atom. The minimum absolute atomic E-state index is 0.0668. The molecule has 0 radical (unpaired) electrons. The lowest BCUT2D eigenvalue weighted by atomic mass is 9.85. The molecule has 0 aliphatic rings. The summed E-state index contributed by atoms with van der Waals surface area (Å²) in [5.74, 6) is 1.11. The molecule has 1 rings (SSSR count). The molecule has 0 amide bonds. The quantitative estimate of drug-likeness (QED) is 0.795. The second-order valence-corrected chi connectivity index (χ2v) is 5.27. The van der Waals surface area contributed by atoms with E-state index in [1.54, 1.807) is 7.11 Å². The molecule has 1 aromatic rings. The summed E-state index contributed by atoms with van der Waals surface area (Å²) in [6, 6.07) is 5.94. The van der Waals surface area contributed by atoms with Gasteiger partial charge in [-0.1, -0.05) is 26.8 Å². The highest BCUT2D eigenvalue weighted by molar-refractivity contribution is 7.80. The molecule has 2 nitrogen and oxygen atoms in total. The van der Waals surface area contributed by atoms with Crippen LogP contribution in [0.4, 0.5) is 0 Å². The third-order valence-electron chi connectivity index (χ3n) is 2.63. The van der Waals surface area contributed by atoms with Gasteiger partial charge in [0.15, 0.2) is 0 Å². The van der Waals surface area contributed by atoms with Crippen molar-refractivity contribution in [1.29, 1.82) is 0 Å². The highest BCUT2D eigenvalue weighted by Crippen LogP contribution is 2.31. The first-order valence-corrected chi connectivity index (χ1v) is 6.00. The molecule has 3 heteroatoms. The summed E-state index contributed by atoms with van der Waals surface area (Å²) in [5, 5.41) is 9.87. The fourth-order valence-corrected chi connectivity index (χ4v) is 1.76. The second kappa shape index (κ2) is 5.11. The van der Waals surface area contributed by atoms with Crippen molar-refractivity contribution in [2.75, 3.05) is 12.9 Å². The number of methoxy groups -OCH3 is 1. The van der Waals surface area contributed by atoms with Crippen LogP contribution in [0, 0.1) is 0 Å². The van der Waals surface area contributed by atoms with Gasteiger partial charge < -0.3 is 9.84 Å². The van der Waals surface area contributed by atoms with Gasteiger partial charge in [0, 0.05) is 11.3 Å². The highest BCUT2D eigenvalue weighted by atomic mass is 32.1. The van der Waals surface area contributed by atoms with E-state index in [0.29, 0.717) is 5.75 Å². The minimum atomic E-state index is -0.583. The Kier molecular flexibility index (Phi) is 4.28. The maximum Gasteiger partial charge on any atom is 0.124 e. The maximum absolute atomic E-state index is 9.87. The number of rotatable bonds is 3. The minimum Gasteiger partial charge on any atom is -0.496 e. The third-order valence-corrected chi connectivity index (χ3v) is 2.97. The molecule has 0 saturated carbocycles. The summed E-state index contributed by atoms with van der Waals surface area (Å²) in [5.41, 5.74) is 2.06. The molecule has 0 aromatic heterocycles. The van der Waals surface area contributed by atoms with E-state index in [1.807, 2.05) is 18.2 Å². The van der Waals surface area contributed by atoms with Crippen molar-refractivity contribution in [1.82, 2.24) is 0 Å². The molecule has 1 atom stereocenters. The normalized spacial score (nSPS) is 13.6. The molecule has 1 N–H and O–H groups in total. The van der Waals surface area contributed by atoms with Crippen molar-refractivity contribution in [3.8, 4) is 5.75 Å². The van der Waals surface area contributed by atoms with Crippen molar-refractivity contribution in [2.24, 2.45) is 0 Å². The predicted octanol–water partition coefficient (Wildman–Crippen LogP) is 2.96. The van der Waals surface area contributed by atoms with Gasteiger partial charge in [0.2, 0.25) is 0 Å². The zero-order valence-corrected chi connectivity index (χ0v) is 11.2. The molecule has 0 bridgehead atoms. The van der Waals surface area contributed by atoms with E-state index in [1.165, 1.54) is 5.56 Å². The first kappa shape index (κ1) is 13.4. The van der Waals surface area contributed by atoms with E-state index in [0.717, 1.165) is 11.3 Å². The van der Waals surface area contributed by atoms with Crippen LogP contribution in [0.25, 0.3) is 0 Å². The molecular formula is C13H20O2S. The van der Waals surface area contributed by atoms with Crippen LogP contribution in [0.3, 0.4) is 0 Å².